The molecule has 5 rings (SSSR count). The van der Waals surface area contributed by atoms with Gasteiger partial charge in [0.25, 0.3) is 5.56 Å². The number of H-pyrrole nitrogens is 1. The standard InChI is InChI=1S/C21H22N6O3S/c1-26-12-14-10-15(6-7-18(14)31(26,29)30)24-20-19-17(8-9-23-21(19)28)27(25-20)16-5-3-2-4-13(16)11-22/h6-10,13,16H,2-5,12H2,1H3,(H,23,28)(H,24,25). The Hall–Kier alpha value is -3.16. The van der Waals surface area contributed by atoms with Gasteiger partial charge in [0.15, 0.2) is 5.82 Å². The van der Waals surface area contributed by atoms with Crippen molar-refractivity contribution in [1.29, 1.82) is 5.26 Å². The third-order valence-electron chi connectivity index (χ3n) is 6.24. The molecule has 0 saturated heterocycles. The Balaban J connectivity index is 1.58. The molecule has 0 amide bonds. The molecule has 1 aliphatic carbocycles. The number of aromatic nitrogens is 3. The van der Waals surface area contributed by atoms with Gasteiger partial charge in [0.05, 0.1) is 28.4 Å². The summed E-state index contributed by atoms with van der Waals surface area (Å²) in [7, 11) is -1.89. The first kappa shape index (κ1) is 19.8. The molecular weight excluding hydrogens is 416 g/mol. The molecule has 2 atom stereocenters. The number of aromatic amines is 1. The van der Waals surface area contributed by atoms with E-state index in [4.69, 9.17) is 5.10 Å². The average Bonchev–Trinajstić information content (AvgIpc) is 3.23. The van der Waals surface area contributed by atoms with Crippen LogP contribution in [0, 0.1) is 17.2 Å². The van der Waals surface area contributed by atoms with Crippen molar-refractivity contribution in [3.63, 3.8) is 0 Å². The number of rotatable bonds is 3. The van der Waals surface area contributed by atoms with Crippen LogP contribution in [-0.4, -0.2) is 34.5 Å². The normalized spacial score (nSPS) is 22.8. The maximum Gasteiger partial charge on any atom is 0.261 e. The number of pyridine rings is 1. The lowest BCUT2D eigenvalue weighted by Crippen LogP contribution is -2.23. The highest BCUT2D eigenvalue weighted by atomic mass is 32.2. The summed E-state index contributed by atoms with van der Waals surface area (Å²) in [6, 6.07) is 9.15. The van der Waals surface area contributed by atoms with Gasteiger partial charge in [0, 0.05) is 25.5 Å². The molecule has 10 heteroatoms. The Bertz CT molecular complexity index is 1380. The molecule has 0 spiro atoms. The zero-order chi connectivity index (χ0) is 21.8. The second kappa shape index (κ2) is 7.21. The number of nitriles is 1. The highest BCUT2D eigenvalue weighted by Gasteiger charge is 2.32. The van der Waals surface area contributed by atoms with Gasteiger partial charge in [-0.25, -0.2) is 8.42 Å². The van der Waals surface area contributed by atoms with E-state index in [-0.39, 0.29) is 17.5 Å². The number of nitrogens with zero attached hydrogens (tertiary/aromatic N) is 4. The van der Waals surface area contributed by atoms with Crippen molar-refractivity contribution >= 4 is 32.4 Å². The molecule has 1 aliphatic heterocycles. The van der Waals surface area contributed by atoms with Crippen LogP contribution in [0.3, 0.4) is 0 Å². The number of nitrogens with one attached hydrogen (secondary N) is 2. The smallest absolute Gasteiger partial charge is 0.261 e. The molecule has 1 aromatic carbocycles. The molecule has 160 valence electrons. The summed E-state index contributed by atoms with van der Waals surface area (Å²) in [5.74, 6) is 0.248. The second-order valence-electron chi connectivity index (χ2n) is 8.16. The van der Waals surface area contributed by atoms with E-state index in [2.05, 4.69) is 16.4 Å². The quantitative estimate of drug-likeness (QED) is 0.648. The molecule has 2 aromatic heterocycles. The van der Waals surface area contributed by atoms with Gasteiger partial charge in [-0.15, -0.1) is 0 Å². The summed E-state index contributed by atoms with van der Waals surface area (Å²) in [5, 5.41) is 18.0. The van der Waals surface area contributed by atoms with Crippen LogP contribution in [0.25, 0.3) is 10.9 Å². The van der Waals surface area contributed by atoms with Gasteiger partial charge in [0.2, 0.25) is 10.0 Å². The van der Waals surface area contributed by atoms with Crippen molar-refractivity contribution in [3.8, 4) is 6.07 Å². The number of hydrogen-bond donors (Lipinski definition) is 2. The number of sulfonamides is 1. The SMILES string of the molecule is CN1Cc2cc(Nc3nn(C4CCCCC4C#N)c4cc[nH]c(=O)c34)ccc2S1(=O)=O. The van der Waals surface area contributed by atoms with Crippen LogP contribution in [0.4, 0.5) is 11.5 Å². The van der Waals surface area contributed by atoms with Crippen molar-refractivity contribution in [1.82, 2.24) is 19.1 Å². The number of benzene rings is 1. The van der Waals surface area contributed by atoms with E-state index in [1.54, 1.807) is 31.4 Å². The fourth-order valence-corrected chi connectivity index (χ4v) is 6.00. The van der Waals surface area contributed by atoms with Crippen LogP contribution < -0.4 is 10.9 Å². The van der Waals surface area contributed by atoms with E-state index in [9.17, 15) is 18.5 Å². The van der Waals surface area contributed by atoms with Gasteiger partial charge in [-0.2, -0.15) is 14.7 Å². The Kier molecular flexibility index (Phi) is 4.60. The summed E-state index contributed by atoms with van der Waals surface area (Å²) in [5.41, 5.74) is 1.77. The van der Waals surface area contributed by atoms with Crippen molar-refractivity contribution < 1.29 is 8.42 Å². The van der Waals surface area contributed by atoms with Gasteiger partial charge in [-0.05, 0) is 42.7 Å². The van der Waals surface area contributed by atoms with Gasteiger partial charge >= 0.3 is 0 Å². The Labute approximate surface area is 179 Å². The minimum Gasteiger partial charge on any atom is -0.338 e. The summed E-state index contributed by atoms with van der Waals surface area (Å²) in [6.45, 7) is 0.300. The molecule has 31 heavy (non-hydrogen) atoms. The zero-order valence-corrected chi connectivity index (χ0v) is 17.8. The first-order chi connectivity index (χ1) is 14.9. The van der Waals surface area contributed by atoms with Crippen molar-refractivity contribution in [3.05, 3.63) is 46.4 Å². The highest BCUT2D eigenvalue weighted by Crippen LogP contribution is 2.37. The predicted molar refractivity (Wildman–Crippen MR) is 115 cm³/mol. The minimum atomic E-state index is -3.43. The maximum atomic E-state index is 12.7. The van der Waals surface area contributed by atoms with Crippen LogP contribution >= 0.6 is 0 Å². The molecule has 1 saturated carbocycles. The van der Waals surface area contributed by atoms with E-state index in [1.807, 2.05) is 10.7 Å². The number of hydrogen-bond acceptors (Lipinski definition) is 6. The van der Waals surface area contributed by atoms with E-state index in [0.29, 0.717) is 39.4 Å². The molecule has 0 bridgehead atoms. The van der Waals surface area contributed by atoms with Crippen molar-refractivity contribution in [2.45, 2.75) is 43.2 Å². The van der Waals surface area contributed by atoms with Gasteiger partial charge in [0.1, 0.15) is 5.39 Å². The fraction of sp³-hybridized carbons (Fsp3) is 0.381. The Morgan fingerprint density at radius 2 is 2.06 bits per heavy atom. The molecule has 2 aliphatic rings. The van der Waals surface area contributed by atoms with Crippen LogP contribution in [0.5, 0.6) is 0 Å². The van der Waals surface area contributed by atoms with Crippen LogP contribution in [0.2, 0.25) is 0 Å². The third-order valence-corrected chi connectivity index (χ3v) is 8.15. The fourth-order valence-electron chi connectivity index (χ4n) is 4.66. The van der Waals surface area contributed by atoms with Gasteiger partial charge in [-0.1, -0.05) is 12.8 Å². The van der Waals surface area contributed by atoms with Gasteiger partial charge in [-0.3, -0.25) is 9.48 Å². The summed E-state index contributed by atoms with van der Waals surface area (Å²) < 4.78 is 27.8. The molecule has 2 unspecified atom stereocenters. The van der Waals surface area contributed by atoms with Crippen LogP contribution in [-0.2, 0) is 16.6 Å². The zero-order valence-electron chi connectivity index (χ0n) is 17.0. The lowest BCUT2D eigenvalue weighted by Gasteiger charge is -2.27. The monoisotopic (exact) mass is 438 g/mol. The third kappa shape index (κ3) is 3.12. The van der Waals surface area contributed by atoms with E-state index >= 15 is 0 Å². The van der Waals surface area contributed by atoms with Crippen LogP contribution in [0.1, 0.15) is 37.3 Å². The first-order valence-electron chi connectivity index (χ1n) is 10.3. The summed E-state index contributed by atoms with van der Waals surface area (Å²) >= 11 is 0. The molecule has 3 aromatic rings. The average molecular weight is 439 g/mol. The molecule has 3 heterocycles. The second-order valence-corrected chi connectivity index (χ2v) is 10.2. The number of anilines is 2. The first-order valence-corrected chi connectivity index (χ1v) is 11.7. The van der Waals surface area contributed by atoms with Gasteiger partial charge < -0.3 is 10.3 Å². The Morgan fingerprint density at radius 3 is 2.87 bits per heavy atom. The van der Waals surface area contributed by atoms with Crippen molar-refractivity contribution in [2.24, 2.45) is 5.92 Å². The van der Waals surface area contributed by atoms with E-state index in [0.717, 1.165) is 25.7 Å². The molecule has 0 radical (unpaired) electrons. The van der Waals surface area contributed by atoms with Crippen molar-refractivity contribution in [2.75, 3.05) is 12.4 Å². The molecular formula is C21H22N6O3S. The lowest BCUT2D eigenvalue weighted by molar-refractivity contribution is 0.277. The van der Waals surface area contributed by atoms with E-state index in [1.165, 1.54) is 4.31 Å². The summed E-state index contributed by atoms with van der Waals surface area (Å²) in [6.07, 6.45) is 5.29. The molecule has 9 nitrogen and oxygen atoms in total. The highest BCUT2D eigenvalue weighted by molar-refractivity contribution is 7.89. The van der Waals surface area contributed by atoms with E-state index < -0.39 is 10.0 Å². The Morgan fingerprint density at radius 1 is 1.26 bits per heavy atom. The lowest BCUT2D eigenvalue weighted by atomic mass is 9.85. The van der Waals surface area contributed by atoms with Crippen LogP contribution in [0.15, 0.2) is 40.2 Å². The number of fused-ring (bicyclic) bond motifs is 2. The maximum absolute atomic E-state index is 12.7. The largest absolute Gasteiger partial charge is 0.338 e. The molecule has 1 fully saturated rings. The predicted octanol–water partition coefficient (Wildman–Crippen LogP) is 2.86. The topological polar surface area (TPSA) is 124 Å². The summed E-state index contributed by atoms with van der Waals surface area (Å²) in [4.78, 5) is 15.7. The molecule has 2 N–H and O–H groups in total. The minimum absolute atomic E-state index is 0.0857.